The molecule has 0 heterocycles. The van der Waals surface area contributed by atoms with Crippen molar-refractivity contribution >= 4 is 23.2 Å². The molecule has 0 saturated heterocycles. The van der Waals surface area contributed by atoms with Crippen LogP contribution in [0.1, 0.15) is 31.9 Å². The van der Waals surface area contributed by atoms with Crippen LogP contribution >= 0.6 is 0 Å². The number of hydrogen-bond acceptors (Lipinski definition) is 3. The molecule has 0 bridgehead atoms. The molecule has 2 amide bonds. The van der Waals surface area contributed by atoms with Crippen molar-refractivity contribution in [1.29, 1.82) is 0 Å². The van der Waals surface area contributed by atoms with Crippen molar-refractivity contribution in [2.75, 3.05) is 24.2 Å². The number of hydrogen-bond donors (Lipinski definition) is 2. The van der Waals surface area contributed by atoms with E-state index in [4.69, 9.17) is 0 Å². The Labute approximate surface area is 149 Å². The maximum atomic E-state index is 12.9. The Kier molecular flexibility index (Phi) is 6.71. The molecule has 0 aliphatic heterocycles. The summed E-state index contributed by atoms with van der Waals surface area (Å²) in [6.45, 7) is 4.57. The SMILES string of the molecule is CCC(=O)Nc1cccc(NC(=O)C(c2ccccc2)N(C)CC)c1. The Morgan fingerprint density at radius 3 is 2.20 bits per heavy atom. The first-order valence-electron chi connectivity index (χ1n) is 8.51. The number of nitrogens with one attached hydrogen (secondary N) is 2. The zero-order chi connectivity index (χ0) is 18.2. The van der Waals surface area contributed by atoms with Crippen molar-refractivity contribution in [3.8, 4) is 0 Å². The van der Waals surface area contributed by atoms with Crippen molar-refractivity contribution in [3.05, 3.63) is 60.2 Å². The highest BCUT2D eigenvalue weighted by molar-refractivity contribution is 5.97. The molecule has 5 nitrogen and oxygen atoms in total. The summed E-state index contributed by atoms with van der Waals surface area (Å²) in [6.07, 6.45) is 0.411. The number of benzene rings is 2. The Balaban J connectivity index is 2.18. The van der Waals surface area contributed by atoms with Crippen molar-refractivity contribution in [2.45, 2.75) is 26.3 Å². The van der Waals surface area contributed by atoms with E-state index < -0.39 is 0 Å². The molecule has 25 heavy (non-hydrogen) atoms. The lowest BCUT2D eigenvalue weighted by Crippen LogP contribution is -2.34. The lowest BCUT2D eigenvalue weighted by Gasteiger charge is -2.26. The summed E-state index contributed by atoms with van der Waals surface area (Å²) in [7, 11) is 1.93. The first-order chi connectivity index (χ1) is 12.0. The van der Waals surface area contributed by atoms with Gasteiger partial charge in [-0.05, 0) is 37.4 Å². The quantitative estimate of drug-likeness (QED) is 0.809. The van der Waals surface area contributed by atoms with E-state index in [9.17, 15) is 9.59 Å². The number of carbonyl (C=O) groups excluding carboxylic acids is 2. The van der Waals surface area contributed by atoms with Gasteiger partial charge in [0.1, 0.15) is 6.04 Å². The van der Waals surface area contributed by atoms with Crippen LogP contribution in [0, 0.1) is 0 Å². The van der Waals surface area contributed by atoms with Crippen molar-refractivity contribution < 1.29 is 9.59 Å². The normalized spacial score (nSPS) is 11.8. The monoisotopic (exact) mass is 339 g/mol. The van der Waals surface area contributed by atoms with Gasteiger partial charge in [0.15, 0.2) is 0 Å². The zero-order valence-electron chi connectivity index (χ0n) is 15.0. The summed E-state index contributed by atoms with van der Waals surface area (Å²) in [5.41, 5.74) is 2.27. The molecule has 0 aliphatic rings. The first kappa shape index (κ1) is 18.7. The highest BCUT2D eigenvalue weighted by Crippen LogP contribution is 2.22. The van der Waals surface area contributed by atoms with Crippen molar-refractivity contribution in [2.24, 2.45) is 0 Å². The minimum absolute atomic E-state index is 0.0589. The van der Waals surface area contributed by atoms with Gasteiger partial charge in [0.25, 0.3) is 0 Å². The molecule has 2 aromatic carbocycles. The fourth-order valence-corrected chi connectivity index (χ4v) is 2.56. The minimum Gasteiger partial charge on any atom is -0.326 e. The third kappa shape index (κ3) is 5.16. The van der Waals surface area contributed by atoms with Crippen LogP contribution in [-0.4, -0.2) is 30.3 Å². The van der Waals surface area contributed by atoms with Crippen LogP contribution in [0.4, 0.5) is 11.4 Å². The second-order valence-electron chi connectivity index (χ2n) is 5.86. The molecule has 0 fully saturated rings. The number of anilines is 2. The second kappa shape index (κ2) is 8.99. The molecular weight excluding hydrogens is 314 g/mol. The van der Waals surface area contributed by atoms with E-state index in [-0.39, 0.29) is 17.9 Å². The lowest BCUT2D eigenvalue weighted by atomic mass is 10.0. The average molecular weight is 339 g/mol. The molecule has 1 unspecified atom stereocenters. The topological polar surface area (TPSA) is 61.4 Å². The van der Waals surface area contributed by atoms with Gasteiger partial charge in [0, 0.05) is 17.8 Å². The highest BCUT2D eigenvalue weighted by atomic mass is 16.2. The summed E-state index contributed by atoms with van der Waals surface area (Å²) >= 11 is 0. The zero-order valence-corrected chi connectivity index (χ0v) is 15.0. The molecule has 1 atom stereocenters. The molecule has 0 aliphatic carbocycles. The van der Waals surface area contributed by atoms with E-state index in [0.717, 1.165) is 12.1 Å². The van der Waals surface area contributed by atoms with Crippen LogP contribution in [0.15, 0.2) is 54.6 Å². The van der Waals surface area contributed by atoms with Gasteiger partial charge < -0.3 is 10.6 Å². The van der Waals surface area contributed by atoms with Gasteiger partial charge in [-0.2, -0.15) is 0 Å². The number of nitrogens with zero attached hydrogens (tertiary/aromatic N) is 1. The number of rotatable bonds is 7. The van der Waals surface area contributed by atoms with Crippen molar-refractivity contribution in [3.63, 3.8) is 0 Å². The van der Waals surface area contributed by atoms with Crippen molar-refractivity contribution in [1.82, 2.24) is 4.90 Å². The summed E-state index contributed by atoms with van der Waals surface area (Å²) < 4.78 is 0. The van der Waals surface area contributed by atoms with E-state index in [1.165, 1.54) is 0 Å². The van der Waals surface area contributed by atoms with E-state index in [1.54, 1.807) is 19.1 Å². The molecule has 0 aromatic heterocycles. The lowest BCUT2D eigenvalue weighted by molar-refractivity contribution is -0.121. The maximum Gasteiger partial charge on any atom is 0.246 e. The van der Waals surface area contributed by atoms with E-state index >= 15 is 0 Å². The molecule has 2 aromatic rings. The first-order valence-corrected chi connectivity index (χ1v) is 8.51. The molecular formula is C20H25N3O2. The summed E-state index contributed by atoms with van der Waals surface area (Å²) in [4.78, 5) is 26.4. The maximum absolute atomic E-state index is 12.9. The minimum atomic E-state index is -0.375. The molecule has 5 heteroatoms. The average Bonchev–Trinajstić information content (AvgIpc) is 2.62. The van der Waals surface area contributed by atoms with E-state index in [2.05, 4.69) is 10.6 Å². The Morgan fingerprint density at radius 1 is 0.960 bits per heavy atom. The van der Waals surface area contributed by atoms with Crippen LogP contribution in [0.5, 0.6) is 0 Å². The van der Waals surface area contributed by atoms with Gasteiger partial charge in [-0.1, -0.05) is 50.2 Å². The predicted molar refractivity (Wildman–Crippen MR) is 101 cm³/mol. The highest BCUT2D eigenvalue weighted by Gasteiger charge is 2.24. The van der Waals surface area contributed by atoms with Crippen LogP contribution in [0.2, 0.25) is 0 Å². The molecule has 0 saturated carbocycles. The Hall–Kier alpha value is -2.66. The van der Waals surface area contributed by atoms with Gasteiger partial charge in [0.05, 0.1) is 0 Å². The Bertz CT molecular complexity index is 716. The third-order valence-electron chi connectivity index (χ3n) is 4.04. The van der Waals surface area contributed by atoms with E-state index in [0.29, 0.717) is 17.8 Å². The molecule has 0 radical (unpaired) electrons. The fourth-order valence-electron chi connectivity index (χ4n) is 2.56. The Morgan fingerprint density at radius 2 is 1.60 bits per heavy atom. The molecule has 132 valence electrons. The van der Waals surface area contributed by atoms with Gasteiger partial charge in [-0.15, -0.1) is 0 Å². The predicted octanol–water partition coefficient (Wildman–Crippen LogP) is 3.67. The molecule has 2 rings (SSSR count). The second-order valence-corrected chi connectivity index (χ2v) is 5.86. The van der Waals surface area contributed by atoms with Gasteiger partial charge >= 0.3 is 0 Å². The van der Waals surface area contributed by atoms with Crippen LogP contribution in [0.3, 0.4) is 0 Å². The van der Waals surface area contributed by atoms with Crippen LogP contribution in [0.25, 0.3) is 0 Å². The van der Waals surface area contributed by atoms with Gasteiger partial charge in [0.2, 0.25) is 11.8 Å². The smallest absolute Gasteiger partial charge is 0.246 e. The number of likely N-dealkylation sites (N-methyl/N-ethyl adjacent to an activating group) is 1. The fraction of sp³-hybridized carbons (Fsp3) is 0.300. The summed E-state index contributed by atoms with van der Waals surface area (Å²) in [6, 6.07) is 16.5. The van der Waals surface area contributed by atoms with Gasteiger partial charge in [-0.3, -0.25) is 14.5 Å². The van der Waals surface area contributed by atoms with E-state index in [1.807, 2.05) is 61.3 Å². The standard InChI is InChI=1S/C20H25N3O2/c1-4-18(24)21-16-12-9-13-17(14-16)22-20(25)19(23(3)5-2)15-10-7-6-8-11-15/h6-14,19H,4-5H2,1-3H3,(H,21,24)(H,22,25). The van der Waals surface area contributed by atoms with Crippen LogP contribution < -0.4 is 10.6 Å². The van der Waals surface area contributed by atoms with Gasteiger partial charge in [-0.25, -0.2) is 0 Å². The molecule has 2 N–H and O–H groups in total. The number of carbonyl (C=O) groups is 2. The summed E-state index contributed by atoms with van der Waals surface area (Å²) in [5.74, 6) is -0.161. The number of amides is 2. The largest absolute Gasteiger partial charge is 0.326 e. The molecule has 0 spiro atoms. The summed E-state index contributed by atoms with van der Waals surface area (Å²) in [5, 5.41) is 5.75. The van der Waals surface area contributed by atoms with Crippen LogP contribution in [-0.2, 0) is 9.59 Å². The third-order valence-corrected chi connectivity index (χ3v) is 4.04.